The quantitative estimate of drug-likeness (QED) is 0.802. The summed E-state index contributed by atoms with van der Waals surface area (Å²) in [4.78, 5) is 26.6. The number of hydrogen-bond donors (Lipinski definition) is 3. The van der Waals surface area contributed by atoms with Crippen molar-refractivity contribution in [2.24, 2.45) is 0 Å². The number of rotatable bonds is 3. The lowest BCUT2D eigenvalue weighted by atomic mass is 10.2. The number of carbonyl (C=O) groups excluding carboxylic acids is 1. The molecule has 20 heavy (non-hydrogen) atoms. The van der Waals surface area contributed by atoms with E-state index in [0.717, 1.165) is 9.86 Å². The Balaban J connectivity index is 2.21. The number of amides is 2. The summed E-state index contributed by atoms with van der Waals surface area (Å²) in [5, 5.41) is 14.5. The molecule has 2 rings (SSSR count). The predicted molar refractivity (Wildman–Crippen MR) is 78.7 cm³/mol. The molecule has 0 fully saturated rings. The Morgan fingerprint density at radius 2 is 2.15 bits per heavy atom. The molecule has 1 atom stereocenters. The number of anilines is 1. The minimum absolute atomic E-state index is 0.519. The first-order chi connectivity index (χ1) is 9.47. The summed E-state index contributed by atoms with van der Waals surface area (Å²) in [7, 11) is 0. The van der Waals surface area contributed by atoms with Gasteiger partial charge in [0.05, 0.1) is 11.2 Å². The smallest absolute Gasteiger partial charge is 0.325 e. The molecule has 3 N–H and O–H groups in total. The number of para-hydroxylation sites is 1. The van der Waals surface area contributed by atoms with Crippen molar-refractivity contribution < 1.29 is 14.7 Å². The van der Waals surface area contributed by atoms with Crippen molar-refractivity contribution in [2.75, 3.05) is 5.32 Å². The molecule has 6 nitrogen and oxygen atoms in total. The first-order valence-corrected chi connectivity index (χ1v) is 6.61. The molecule has 0 saturated heterocycles. The molecule has 1 aromatic carbocycles. The monoisotopic (exact) mass is 337 g/mol. The van der Waals surface area contributed by atoms with Crippen LogP contribution in [-0.2, 0) is 4.79 Å². The van der Waals surface area contributed by atoms with Gasteiger partial charge < -0.3 is 15.7 Å². The van der Waals surface area contributed by atoms with Gasteiger partial charge >= 0.3 is 12.0 Å². The number of pyridine rings is 1. The number of carbonyl (C=O) groups is 2. The lowest BCUT2D eigenvalue weighted by Crippen LogP contribution is -2.40. The van der Waals surface area contributed by atoms with E-state index in [9.17, 15) is 9.59 Å². The molecule has 0 radical (unpaired) electrons. The maximum atomic E-state index is 11.7. The molecule has 0 spiro atoms. The summed E-state index contributed by atoms with van der Waals surface area (Å²) >= 11 is 3.33. The highest BCUT2D eigenvalue weighted by Gasteiger charge is 2.14. The molecule has 0 unspecified atom stereocenters. The number of aromatic nitrogens is 1. The van der Waals surface area contributed by atoms with Gasteiger partial charge in [0.15, 0.2) is 0 Å². The molecule has 1 aromatic heterocycles. The van der Waals surface area contributed by atoms with Gasteiger partial charge in [-0.2, -0.15) is 0 Å². The van der Waals surface area contributed by atoms with E-state index in [4.69, 9.17) is 5.11 Å². The van der Waals surface area contributed by atoms with Crippen LogP contribution < -0.4 is 10.6 Å². The predicted octanol–water partition coefficient (Wildman–Crippen LogP) is 2.59. The zero-order valence-corrected chi connectivity index (χ0v) is 12.1. The SMILES string of the molecule is C[C@H](NC(=O)Nc1cccc2cc(Br)cnc12)C(=O)O. The maximum absolute atomic E-state index is 11.7. The van der Waals surface area contributed by atoms with Gasteiger partial charge in [0.1, 0.15) is 6.04 Å². The third kappa shape index (κ3) is 3.24. The topological polar surface area (TPSA) is 91.3 Å². The van der Waals surface area contributed by atoms with Crippen LogP contribution in [-0.4, -0.2) is 28.1 Å². The highest BCUT2D eigenvalue weighted by atomic mass is 79.9. The molecule has 0 saturated carbocycles. The van der Waals surface area contributed by atoms with Crippen LogP contribution in [0.4, 0.5) is 10.5 Å². The van der Waals surface area contributed by atoms with Crippen LogP contribution in [0, 0.1) is 0 Å². The number of carboxylic acid groups (broad SMARTS) is 1. The third-order valence-electron chi connectivity index (χ3n) is 2.64. The van der Waals surface area contributed by atoms with Crippen LogP contribution in [0.25, 0.3) is 10.9 Å². The van der Waals surface area contributed by atoms with Crippen molar-refractivity contribution in [1.82, 2.24) is 10.3 Å². The Bertz CT molecular complexity index is 675. The second-order valence-corrected chi connectivity index (χ2v) is 5.10. The van der Waals surface area contributed by atoms with Crippen molar-refractivity contribution in [3.05, 3.63) is 34.9 Å². The maximum Gasteiger partial charge on any atom is 0.325 e. The molecule has 0 aliphatic heterocycles. The minimum atomic E-state index is -1.10. The number of halogens is 1. The molecule has 7 heteroatoms. The number of urea groups is 1. The van der Waals surface area contributed by atoms with Crippen LogP contribution in [0.1, 0.15) is 6.92 Å². The molecule has 0 aliphatic carbocycles. The minimum Gasteiger partial charge on any atom is -0.480 e. The number of hydrogen-bond acceptors (Lipinski definition) is 3. The zero-order chi connectivity index (χ0) is 14.7. The molecule has 2 amide bonds. The van der Waals surface area contributed by atoms with E-state index in [1.54, 1.807) is 18.3 Å². The van der Waals surface area contributed by atoms with Gasteiger partial charge in [-0.15, -0.1) is 0 Å². The second-order valence-electron chi connectivity index (χ2n) is 4.19. The lowest BCUT2D eigenvalue weighted by Gasteiger charge is -2.12. The largest absolute Gasteiger partial charge is 0.480 e. The summed E-state index contributed by atoms with van der Waals surface area (Å²) in [6.45, 7) is 1.39. The molecule has 104 valence electrons. The summed E-state index contributed by atoms with van der Waals surface area (Å²) in [5.74, 6) is -1.10. The van der Waals surface area contributed by atoms with Crippen LogP contribution in [0.15, 0.2) is 34.9 Å². The second kappa shape index (κ2) is 5.87. The Labute approximate surface area is 123 Å². The first kappa shape index (κ1) is 14.3. The highest BCUT2D eigenvalue weighted by Crippen LogP contribution is 2.23. The fourth-order valence-corrected chi connectivity index (χ4v) is 2.00. The number of carboxylic acids is 1. The average Bonchev–Trinajstić information content (AvgIpc) is 2.38. The third-order valence-corrected chi connectivity index (χ3v) is 3.08. The Morgan fingerprint density at radius 1 is 1.40 bits per heavy atom. The normalized spacial score (nSPS) is 11.9. The Hall–Kier alpha value is -2.15. The zero-order valence-electron chi connectivity index (χ0n) is 10.6. The molecule has 1 heterocycles. The average molecular weight is 338 g/mol. The van der Waals surface area contributed by atoms with Crippen molar-refractivity contribution >= 4 is 44.5 Å². The van der Waals surface area contributed by atoms with E-state index in [1.807, 2.05) is 12.1 Å². The van der Waals surface area contributed by atoms with Crippen molar-refractivity contribution in [3.8, 4) is 0 Å². The van der Waals surface area contributed by atoms with E-state index < -0.39 is 18.0 Å². The number of fused-ring (bicyclic) bond motifs is 1. The summed E-state index contributed by atoms with van der Waals surface area (Å²) in [6, 6.07) is 5.69. The van der Waals surface area contributed by atoms with Crippen LogP contribution in [0.5, 0.6) is 0 Å². The van der Waals surface area contributed by atoms with Gasteiger partial charge in [-0.3, -0.25) is 9.78 Å². The van der Waals surface area contributed by atoms with Crippen LogP contribution in [0.2, 0.25) is 0 Å². The highest BCUT2D eigenvalue weighted by molar-refractivity contribution is 9.10. The number of benzene rings is 1. The van der Waals surface area contributed by atoms with Crippen LogP contribution in [0.3, 0.4) is 0 Å². The van der Waals surface area contributed by atoms with E-state index in [2.05, 4.69) is 31.5 Å². The van der Waals surface area contributed by atoms with Gasteiger partial charge in [-0.25, -0.2) is 4.79 Å². The Morgan fingerprint density at radius 3 is 2.85 bits per heavy atom. The van der Waals surface area contributed by atoms with E-state index in [0.29, 0.717) is 11.2 Å². The summed E-state index contributed by atoms with van der Waals surface area (Å²) < 4.78 is 0.839. The number of aliphatic carboxylic acids is 1. The Kier molecular flexibility index (Phi) is 4.19. The fraction of sp³-hybridized carbons (Fsp3) is 0.154. The molecular formula is C13H12BrN3O3. The molecule has 2 aromatic rings. The summed E-state index contributed by atoms with van der Waals surface area (Å²) in [6.07, 6.45) is 1.63. The van der Waals surface area contributed by atoms with Crippen molar-refractivity contribution in [2.45, 2.75) is 13.0 Å². The standard InChI is InChI=1S/C13H12BrN3O3/c1-7(12(18)19)16-13(20)17-10-4-2-3-8-5-9(14)6-15-11(8)10/h2-7H,1H3,(H,18,19)(H2,16,17,20)/t7-/m0/s1. The number of nitrogens with one attached hydrogen (secondary N) is 2. The molecular weight excluding hydrogens is 326 g/mol. The number of nitrogens with zero attached hydrogens (tertiary/aromatic N) is 1. The molecule has 0 aliphatic rings. The van der Waals surface area contributed by atoms with Gasteiger partial charge in [0, 0.05) is 16.1 Å². The summed E-state index contributed by atoms with van der Waals surface area (Å²) in [5.41, 5.74) is 1.15. The van der Waals surface area contributed by atoms with Gasteiger partial charge in [0.25, 0.3) is 0 Å². The van der Waals surface area contributed by atoms with Crippen LogP contribution >= 0.6 is 15.9 Å². The first-order valence-electron chi connectivity index (χ1n) is 5.82. The van der Waals surface area contributed by atoms with Crippen molar-refractivity contribution in [3.63, 3.8) is 0 Å². The lowest BCUT2D eigenvalue weighted by molar-refractivity contribution is -0.138. The van der Waals surface area contributed by atoms with Gasteiger partial charge in [-0.1, -0.05) is 12.1 Å². The van der Waals surface area contributed by atoms with Gasteiger partial charge in [0.2, 0.25) is 0 Å². The molecule has 0 bridgehead atoms. The van der Waals surface area contributed by atoms with E-state index in [1.165, 1.54) is 6.92 Å². The van der Waals surface area contributed by atoms with E-state index in [-0.39, 0.29) is 0 Å². The van der Waals surface area contributed by atoms with Gasteiger partial charge in [-0.05, 0) is 35.0 Å². The fourth-order valence-electron chi connectivity index (χ4n) is 1.65. The van der Waals surface area contributed by atoms with E-state index >= 15 is 0 Å². The van der Waals surface area contributed by atoms with Crippen molar-refractivity contribution in [1.29, 1.82) is 0 Å².